The third-order valence-electron chi connectivity index (χ3n) is 8.50. The van der Waals surface area contributed by atoms with Crippen molar-refractivity contribution in [3.05, 3.63) is 45.6 Å². The Labute approximate surface area is 274 Å². The number of anilines is 1. The minimum atomic E-state index is -1.79. The Kier molecular flexibility index (Phi) is 11.0. The van der Waals surface area contributed by atoms with Crippen molar-refractivity contribution in [2.75, 3.05) is 32.4 Å². The maximum Gasteiger partial charge on any atom is 0.217 e. The SMILES string of the molecule is COc1c(N[C@@H]2O[C@H](O[C@@H]3OC[C@@H](O)[C@H](O)[C@@H]3O)[C@@H](O)[C@H](O)[C@H]2O)cc2c(c1OC)-c1ccc(SC)c(=O)cc1[C@@H](NC(C)=O)CC2. The normalized spacial score (nSPS) is 32.0. The molecule has 0 spiro atoms. The summed E-state index contributed by atoms with van der Waals surface area (Å²) < 4.78 is 28.3. The van der Waals surface area contributed by atoms with Gasteiger partial charge in [-0.05, 0) is 54.0 Å². The average molecular weight is 681 g/mol. The van der Waals surface area contributed by atoms with E-state index < -0.39 is 61.5 Å². The lowest BCUT2D eigenvalue weighted by molar-refractivity contribution is -0.360. The number of hydrogen-bond donors (Lipinski definition) is 8. The molecule has 5 rings (SSSR count). The predicted molar refractivity (Wildman–Crippen MR) is 167 cm³/mol. The quantitative estimate of drug-likeness (QED) is 0.160. The van der Waals surface area contributed by atoms with Crippen molar-refractivity contribution in [1.82, 2.24) is 5.32 Å². The fourth-order valence-corrected chi connectivity index (χ4v) is 6.58. The average Bonchev–Trinajstić information content (AvgIpc) is 3.29. The van der Waals surface area contributed by atoms with E-state index in [0.29, 0.717) is 34.4 Å². The minimum Gasteiger partial charge on any atom is -0.492 e. The number of ether oxygens (including phenoxy) is 5. The molecule has 258 valence electrons. The number of benzene rings is 1. The number of hydrogen-bond acceptors (Lipinski definition) is 15. The summed E-state index contributed by atoms with van der Waals surface area (Å²) in [4.78, 5) is 25.8. The van der Waals surface area contributed by atoms with Crippen LogP contribution in [0.1, 0.15) is 30.5 Å². The summed E-state index contributed by atoms with van der Waals surface area (Å²) >= 11 is 1.30. The van der Waals surface area contributed by atoms with Gasteiger partial charge in [0, 0.05) is 12.5 Å². The van der Waals surface area contributed by atoms with E-state index in [2.05, 4.69) is 10.6 Å². The summed E-state index contributed by atoms with van der Waals surface area (Å²) in [7, 11) is 2.85. The Morgan fingerprint density at radius 2 is 1.64 bits per heavy atom. The van der Waals surface area contributed by atoms with Gasteiger partial charge in [-0.25, -0.2) is 0 Å². The molecule has 47 heavy (non-hydrogen) atoms. The van der Waals surface area contributed by atoms with Gasteiger partial charge in [0.15, 0.2) is 35.7 Å². The van der Waals surface area contributed by atoms with E-state index in [4.69, 9.17) is 23.7 Å². The fraction of sp³-hybridized carbons (Fsp3) is 0.548. The molecule has 2 aromatic carbocycles. The van der Waals surface area contributed by atoms with Crippen molar-refractivity contribution in [1.29, 1.82) is 0 Å². The molecular formula is C31H40N2O13S. The van der Waals surface area contributed by atoms with Gasteiger partial charge in [0.25, 0.3) is 0 Å². The van der Waals surface area contributed by atoms with Crippen LogP contribution in [-0.2, 0) is 25.4 Å². The number of carbonyl (C=O) groups is 1. The van der Waals surface area contributed by atoms with Crippen LogP contribution in [0, 0.1) is 0 Å². The zero-order valence-electron chi connectivity index (χ0n) is 26.2. The molecule has 0 radical (unpaired) electrons. The first-order valence-electron chi connectivity index (χ1n) is 14.9. The highest BCUT2D eigenvalue weighted by Crippen LogP contribution is 2.50. The Morgan fingerprint density at radius 3 is 2.30 bits per heavy atom. The molecule has 2 saturated heterocycles. The van der Waals surface area contributed by atoms with Crippen LogP contribution in [0.5, 0.6) is 11.5 Å². The van der Waals surface area contributed by atoms with Crippen molar-refractivity contribution in [2.45, 2.75) is 86.1 Å². The van der Waals surface area contributed by atoms with Crippen LogP contribution in [0.25, 0.3) is 11.1 Å². The second-order valence-corrected chi connectivity index (χ2v) is 12.4. The molecule has 10 atom stereocenters. The highest BCUT2D eigenvalue weighted by atomic mass is 32.2. The van der Waals surface area contributed by atoms with E-state index in [1.165, 1.54) is 39.0 Å². The van der Waals surface area contributed by atoms with Crippen molar-refractivity contribution < 1.29 is 59.1 Å². The molecule has 1 amide bonds. The van der Waals surface area contributed by atoms with Crippen LogP contribution in [0.3, 0.4) is 0 Å². The zero-order valence-corrected chi connectivity index (χ0v) is 27.0. The monoisotopic (exact) mass is 680 g/mol. The van der Waals surface area contributed by atoms with E-state index in [1.54, 1.807) is 18.4 Å². The largest absolute Gasteiger partial charge is 0.492 e. The van der Waals surface area contributed by atoms with E-state index >= 15 is 0 Å². The number of carbonyl (C=O) groups excluding carboxylic acids is 1. The summed E-state index contributed by atoms with van der Waals surface area (Å²) in [6.07, 6.45) is -11.9. The van der Waals surface area contributed by atoms with Gasteiger partial charge in [-0.3, -0.25) is 9.59 Å². The van der Waals surface area contributed by atoms with Gasteiger partial charge in [-0.1, -0.05) is 6.07 Å². The molecule has 2 fully saturated rings. The van der Waals surface area contributed by atoms with E-state index in [9.17, 15) is 40.2 Å². The summed E-state index contributed by atoms with van der Waals surface area (Å²) in [5, 5.41) is 68.2. The van der Waals surface area contributed by atoms with Crippen molar-refractivity contribution in [2.24, 2.45) is 0 Å². The molecule has 0 saturated carbocycles. The van der Waals surface area contributed by atoms with Gasteiger partial charge in [0.1, 0.15) is 36.6 Å². The number of thioether (sulfide) groups is 1. The number of aliphatic hydroxyl groups excluding tert-OH is 6. The van der Waals surface area contributed by atoms with Crippen LogP contribution >= 0.6 is 11.8 Å². The molecule has 2 heterocycles. The molecule has 1 aliphatic carbocycles. The number of rotatable bonds is 8. The van der Waals surface area contributed by atoms with E-state index in [-0.39, 0.29) is 35.1 Å². The van der Waals surface area contributed by atoms with Crippen molar-refractivity contribution >= 4 is 23.4 Å². The molecule has 8 N–H and O–H groups in total. The van der Waals surface area contributed by atoms with Crippen molar-refractivity contribution in [3.8, 4) is 22.6 Å². The first kappa shape index (κ1) is 35.3. The molecule has 0 bridgehead atoms. The number of methoxy groups -OCH3 is 2. The first-order valence-corrected chi connectivity index (χ1v) is 16.2. The van der Waals surface area contributed by atoms with Crippen LogP contribution in [0.15, 0.2) is 34.0 Å². The molecule has 0 unspecified atom stereocenters. The number of fused-ring (bicyclic) bond motifs is 3. The fourth-order valence-electron chi connectivity index (χ4n) is 6.12. The van der Waals surface area contributed by atoms with E-state index in [1.807, 2.05) is 6.07 Å². The second kappa shape index (κ2) is 14.6. The lowest BCUT2D eigenvalue weighted by Crippen LogP contribution is -2.62. The lowest BCUT2D eigenvalue weighted by atomic mass is 9.95. The van der Waals surface area contributed by atoms with Gasteiger partial charge >= 0.3 is 0 Å². The molecule has 0 aromatic heterocycles. The van der Waals surface area contributed by atoms with Gasteiger partial charge in [-0.2, -0.15) is 0 Å². The maximum absolute atomic E-state index is 13.1. The number of aryl methyl sites for hydroxylation is 1. The Morgan fingerprint density at radius 1 is 0.936 bits per heavy atom. The number of nitrogens with one attached hydrogen (secondary N) is 2. The Hall–Kier alpha value is -3.03. The molecular weight excluding hydrogens is 640 g/mol. The minimum absolute atomic E-state index is 0.186. The third-order valence-corrected chi connectivity index (χ3v) is 9.28. The summed E-state index contributed by atoms with van der Waals surface area (Å²) in [5.41, 5.74) is 2.71. The Balaban J connectivity index is 1.54. The first-order chi connectivity index (χ1) is 22.4. The number of amides is 1. The lowest BCUT2D eigenvalue weighted by Gasteiger charge is -2.43. The summed E-state index contributed by atoms with van der Waals surface area (Å²) in [6.45, 7) is 1.03. The van der Waals surface area contributed by atoms with Crippen LogP contribution in [-0.4, -0.2) is 119 Å². The van der Waals surface area contributed by atoms with Gasteiger partial charge in [0.2, 0.25) is 5.91 Å². The van der Waals surface area contributed by atoms with Crippen LogP contribution in [0.2, 0.25) is 0 Å². The smallest absolute Gasteiger partial charge is 0.217 e. The van der Waals surface area contributed by atoms with Gasteiger partial charge in [-0.15, -0.1) is 11.8 Å². The standard InChI is InChI=1S/C31H40N2O13S/c1-12(34)32-16-7-5-13-9-17(27(42-2)28(43-3)21(13)14-6-8-20(47-4)18(35)10-15(14)16)33-29-24(39)23(38)26(41)31(45-29)46-30-25(40)22(37)19(36)11-44-30/h6,8-10,16,19,22-26,29-31,33,36-41H,5,7,11H2,1-4H3,(H,32,34)/t16-,19+,22-,23+,24+,25-,26-,29+,30-,31+/m0/s1. The topological polar surface area (TPSA) is 226 Å². The highest BCUT2D eigenvalue weighted by molar-refractivity contribution is 7.98. The Bertz CT molecular complexity index is 1530. The molecule has 15 nitrogen and oxygen atoms in total. The molecule has 2 aliphatic heterocycles. The van der Waals surface area contributed by atoms with Crippen LogP contribution in [0.4, 0.5) is 5.69 Å². The second-order valence-electron chi connectivity index (χ2n) is 11.5. The summed E-state index contributed by atoms with van der Waals surface area (Å²) in [5.74, 6) is 0.207. The van der Waals surface area contributed by atoms with Crippen molar-refractivity contribution in [3.63, 3.8) is 0 Å². The van der Waals surface area contributed by atoms with Gasteiger partial charge < -0.3 is 65.0 Å². The van der Waals surface area contributed by atoms with Gasteiger partial charge in [0.05, 0.1) is 37.5 Å². The molecule has 16 heteroatoms. The molecule has 2 aromatic rings. The van der Waals surface area contributed by atoms with Crippen LogP contribution < -0.4 is 25.5 Å². The zero-order chi connectivity index (χ0) is 34.2. The predicted octanol–water partition coefficient (Wildman–Crippen LogP) is -0.791. The van der Waals surface area contributed by atoms with E-state index in [0.717, 1.165) is 5.56 Å². The summed E-state index contributed by atoms with van der Waals surface area (Å²) in [6, 6.07) is 6.30. The third kappa shape index (κ3) is 6.94. The highest BCUT2D eigenvalue weighted by Gasteiger charge is 2.48. The maximum atomic E-state index is 13.1. The number of aliphatic hydroxyl groups is 6. The molecule has 3 aliphatic rings.